The fraction of sp³-hybridized carbons (Fsp3) is 0.250. The lowest BCUT2D eigenvalue weighted by Crippen LogP contribution is -2.17. The molecule has 1 N–H and O–H groups in total. The van der Waals surface area contributed by atoms with Crippen LogP contribution < -0.4 is 5.32 Å². The number of Topliss-reactive ketones (excluding diaryl/α,β-unsaturated/α-hetero) is 1. The van der Waals surface area contributed by atoms with Crippen LogP contribution in [0.2, 0.25) is 0 Å². The second kappa shape index (κ2) is 3.55. The first-order valence-electron chi connectivity index (χ1n) is 4.65. The van der Waals surface area contributed by atoms with Gasteiger partial charge in [0.1, 0.15) is 0 Å². The van der Waals surface area contributed by atoms with Crippen LogP contribution in [0.15, 0.2) is 18.2 Å². The quantitative estimate of drug-likeness (QED) is 0.627. The van der Waals surface area contributed by atoms with E-state index in [1.165, 1.54) is 0 Å². The molecule has 0 spiro atoms. The highest BCUT2D eigenvalue weighted by Crippen LogP contribution is 2.22. The summed E-state index contributed by atoms with van der Waals surface area (Å²) < 4.78 is 0. The van der Waals surface area contributed by atoms with Crippen LogP contribution in [-0.2, 0) is 0 Å². The third-order valence-corrected chi connectivity index (χ3v) is 2.26. The normalized spacial score (nSPS) is 13.6. The Kier molecular flexibility index (Phi) is 2.24. The van der Waals surface area contributed by atoms with Crippen molar-refractivity contribution < 1.29 is 4.79 Å². The lowest BCUT2D eigenvalue weighted by atomic mass is 10.00. The Hall–Kier alpha value is -1.75. The fourth-order valence-corrected chi connectivity index (χ4v) is 1.60. The van der Waals surface area contributed by atoms with E-state index < -0.39 is 0 Å². The molecule has 1 heterocycles. The molecule has 0 aliphatic carbocycles. The summed E-state index contributed by atoms with van der Waals surface area (Å²) in [5.74, 6) is 5.98. The van der Waals surface area contributed by atoms with Crippen molar-refractivity contribution in [2.75, 3.05) is 11.9 Å². The van der Waals surface area contributed by atoms with Crippen LogP contribution >= 0.6 is 0 Å². The van der Waals surface area contributed by atoms with E-state index in [4.69, 9.17) is 0 Å². The minimum absolute atomic E-state index is 0.207. The molecule has 1 aromatic carbocycles. The van der Waals surface area contributed by atoms with E-state index in [1.54, 1.807) is 6.92 Å². The van der Waals surface area contributed by atoms with Gasteiger partial charge in [0.15, 0.2) is 5.78 Å². The van der Waals surface area contributed by atoms with E-state index in [9.17, 15) is 4.79 Å². The number of ketones is 1. The van der Waals surface area contributed by atoms with Gasteiger partial charge in [-0.05, 0) is 25.1 Å². The van der Waals surface area contributed by atoms with Gasteiger partial charge in [-0.3, -0.25) is 4.79 Å². The summed E-state index contributed by atoms with van der Waals surface area (Å²) in [6.07, 6.45) is 0.579. The highest BCUT2D eigenvalue weighted by molar-refractivity contribution is 6.03. The Morgan fingerprint density at radius 1 is 1.43 bits per heavy atom. The van der Waals surface area contributed by atoms with Gasteiger partial charge >= 0.3 is 0 Å². The van der Waals surface area contributed by atoms with Crippen molar-refractivity contribution in [3.05, 3.63) is 29.3 Å². The van der Waals surface area contributed by atoms with Gasteiger partial charge in [0.25, 0.3) is 0 Å². The molecule has 70 valence electrons. The average molecular weight is 185 g/mol. The van der Waals surface area contributed by atoms with Crippen LogP contribution in [0.25, 0.3) is 0 Å². The molecule has 0 fully saturated rings. The molecule has 1 aromatic rings. The predicted octanol–water partition coefficient (Wildman–Crippen LogP) is 2.06. The largest absolute Gasteiger partial charge is 0.384 e. The summed E-state index contributed by atoms with van der Waals surface area (Å²) in [6, 6.07) is 5.72. The molecule has 2 rings (SSSR count). The van der Waals surface area contributed by atoms with Crippen LogP contribution in [-0.4, -0.2) is 12.3 Å². The number of anilines is 1. The van der Waals surface area contributed by atoms with Gasteiger partial charge in [-0.2, -0.15) is 0 Å². The minimum atomic E-state index is 0.207. The van der Waals surface area contributed by atoms with E-state index in [0.717, 1.165) is 23.4 Å². The molecule has 0 atom stereocenters. The first-order chi connectivity index (χ1) is 6.81. The van der Waals surface area contributed by atoms with Crippen molar-refractivity contribution in [1.29, 1.82) is 0 Å². The van der Waals surface area contributed by atoms with Crippen LogP contribution in [0.1, 0.15) is 29.3 Å². The molecular formula is C12H11NO. The summed E-state index contributed by atoms with van der Waals surface area (Å²) in [4.78, 5) is 11.6. The maximum Gasteiger partial charge on any atom is 0.166 e. The molecule has 0 unspecified atom stereocenters. The zero-order valence-electron chi connectivity index (χ0n) is 8.05. The average Bonchev–Trinajstić information content (AvgIpc) is 2.20. The second-order valence-corrected chi connectivity index (χ2v) is 3.24. The summed E-state index contributed by atoms with van der Waals surface area (Å²) >= 11 is 0. The second-order valence-electron chi connectivity index (χ2n) is 3.24. The first kappa shape index (κ1) is 8.83. The minimum Gasteiger partial charge on any atom is -0.384 e. The number of benzene rings is 1. The molecule has 2 heteroatoms. The van der Waals surface area contributed by atoms with Crippen LogP contribution in [0.5, 0.6) is 0 Å². The van der Waals surface area contributed by atoms with Gasteiger partial charge in [0, 0.05) is 29.8 Å². The third kappa shape index (κ3) is 1.49. The van der Waals surface area contributed by atoms with E-state index in [-0.39, 0.29) is 5.78 Å². The summed E-state index contributed by atoms with van der Waals surface area (Å²) in [5, 5.41) is 3.19. The molecule has 0 radical (unpaired) electrons. The Morgan fingerprint density at radius 2 is 2.29 bits per heavy atom. The number of carbonyl (C=O) groups is 1. The predicted molar refractivity (Wildman–Crippen MR) is 56.4 cm³/mol. The van der Waals surface area contributed by atoms with Crippen molar-refractivity contribution in [2.45, 2.75) is 13.3 Å². The Morgan fingerprint density at radius 3 is 3.07 bits per heavy atom. The molecule has 0 saturated carbocycles. The smallest absolute Gasteiger partial charge is 0.166 e. The zero-order valence-corrected chi connectivity index (χ0v) is 8.05. The van der Waals surface area contributed by atoms with Crippen molar-refractivity contribution in [2.24, 2.45) is 0 Å². The number of fused-ring (bicyclic) bond motifs is 1. The molecule has 0 bridgehead atoms. The van der Waals surface area contributed by atoms with Gasteiger partial charge in [0.2, 0.25) is 0 Å². The van der Waals surface area contributed by atoms with Gasteiger partial charge in [-0.15, -0.1) is 5.92 Å². The number of nitrogens with one attached hydrogen (secondary N) is 1. The lowest BCUT2D eigenvalue weighted by molar-refractivity contribution is 0.0983. The topological polar surface area (TPSA) is 29.1 Å². The Bertz CT molecular complexity index is 437. The standard InChI is InChI=1S/C12H11NO/c1-2-3-9-4-5-11-10(8-9)12(14)6-7-13-11/h4-5,8,13H,6-7H2,1H3. The van der Waals surface area contributed by atoms with E-state index >= 15 is 0 Å². The molecule has 1 aliphatic heterocycles. The third-order valence-electron chi connectivity index (χ3n) is 2.26. The summed E-state index contributed by atoms with van der Waals surface area (Å²) in [7, 11) is 0. The Labute approximate surface area is 83.3 Å². The van der Waals surface area contributed by atoms with Crippen LogP contribution in [0.4, 0.5) is 5.69 Å². The number of carbonyl (C=O) groups excluding carboxylic acids is 1. The lowest BCUT2D eigenvalue weighted by Gasteiger charge is -2.16. The highest BCUT2D eigenvalue weighted by atomic mass is 16.1. The zero-order chi connectivity index (χ0) is 9.97. The molecule has 2 nitrogen and oxygen atoms in total. The molecule has 0 saturated heterocycles. The molecule has 14 heavy (non-hydrogen) atoms. The van der Waals surface area contributed by atoms with Gasteiger partial charge in [-0.1, -0.05) is 5.92 Å². The molecule has 1 aliphatic rings. The molecule has 0 aromatic heterocycles. The van der Waals surface area contributed by atoms with Crippen LogP contribution in [0.3, 0.4) is 0 Å². The molecule has 0 amide bonds. The van der Waals surface area contributed by atoms with Crippen molar-refractivity contribution in [1.82, 2.24) is 0 Å². The van der Waals surface area contributed by atoms with Crippen molar-refractivity contribution in [3.63, 3.8) is 0 Å². The van der Waals surface area contributed by atoms with Crippen molar-refractivity contribution in [3.8, 4) is 11.8 Å². The van der Waals surface area contributed by atoms with Gasteiger partial charge < -0.3 is 5.32 Å². The maximum absolute atomic E-state index is 11.6. The number of hydrogen-bond acceptors (Lipinski definition) is 2. The van der Waals surface area contributed by atoms with E-state index in [1.807, 2.05) is 18.2 Å². The highest BCUT2D eigenvalue weighted by Gasteiger charge is 2.16. The van der Waals surface area contributed by atoms with E-state index in [0.29, 0.717) is 6.42 Å². The van der Waals surface area contributed by atoms with Crippen LogP contribution in [0, 0.1) is 11.8 Å². The van der Waals surface area contributed by atoms with Gasteiger partial charge in [-0.25, -0.2) is 0 Å². The van der Waals surface area contributed by atoms with Gasteiger partial charge in [0.05, 0.1) is 0 Å². The van der Waals surface area contributed by atoms with E-state index in [2.05, 4.69) is 17.2 Å². The summed E-state index contributed by atoms with van der Waals surface area (Å²) in [5.41, 5.74) is 2.61. The SMILES string of the molecule is CC#Cc1ccc2c(c1)C(=O)CCN2. The summed E-state index contributed by atoms with van der Waals surface area (Å²) in [6.45, 7) is 2.53. The Balaban J connectivity index is 2.49. The monoisotopic (exact) mass is 185 g/mol. The molecular weight excluding hydrogens is 174 g/mol. The number of rotatable bonds is 0. The maximum atomic E-state index is 11.6. The van der Waals surface area contributed by atoms with Crippen molar-refractivity contribution >= 4 is 11.5 Å². The first-order valence-corrected chi connectivity index (χ1v) is 4.65. The fourth-order valence-electron chi connectivity index (χ4n) is 1.60. The number of hydrogen-bond donors (Lipinski definition) is 1.